The Morgan fingerprint density at radius 3 is 1.27 bits per heavy atom. The van der Waals surface area contributed by atoms with Gasteiger partial charge in [-0.15, -0.1) is 5.31 Å². The van der Waals surface area contributed by atoms with Gasteiger partial charge in [-0.2, -0.15) is 0 Å². The monoisotopic (exact) mass is 223 g/mol. The zero-order chi connectivity index (χ0) is 12.0. The fourth-order valence-corrected chi connectivity index (χ4v) is 1.04. The summed E-state index contributed by atoms with van der Waals surface area (Å²) in [4.78, 5) is 0. The quantitative estimate of drug-likeness (QED) is 0.295. The van der Waals surface area contributed by atoms with E-state index in [4.69, 9.17) is 0 Å². The van der Waals surface area contributed by atoms with Crippen LogP contribution in [0.25, 0.3) is 0 Å². The van der Waals surface area contributed by atoms with Gasteiger partial charge in [-0.1, -0.05) is 13.8 Å². The predicted octanol–water partition coefficient (Wildman–Crippen LogP) is 1.98. The second-order valence-corrected chi connectivity index (χ2v) is 2.94. The first-order valence-corrected chi connectivity index (χ1v) is 3.69. The molecule has 0 nitrogen and oxygen atoms in total. The van der Waals surface area contributed by atoms with Gasteiger partial charge in [-0.25, -0.2) is 22.0 Å². The van der Waals surface area contributed by atoms with Crippen LogP contribution in [0.2, 0.25) is 0 Å². The van der Waals surface area contributed by atoms with Crippen molar-refractivity contribution in [1.82, 2.24) is 0 Å². The first-order valence-electron chi connectivity index (χ1n) is 3.69. The fraction of sp³-hybridized carbons (Fsp3) is 0.333. The van der Waals surface area contributed by atoms with E-state index in [-0.39, 0.29) is 0 Å². The molecule has 0 bridgehead atoms. The highest BCUT2D eigenvalue weighted by atomic mass is 19.2. The van der Waals surface area contributed by atoms with Crippen molar-refractivity contribution in [2.75, 3.05) is 0 Å². The molecular weight excluding hydrogens is 214 g/mol. The maximum absolute atomic E-state index is 13.2. The average molecular weight is 223 g/mol. The van der Waals surface area contributed by atoms with Crippen molar-refractivity contribution in [3.05, 3.63) is 34.6 Å². The van der Waals surface area contributed by atoms with Gasteiger partial charge in [0.05, 0.1) is 0 Å². The molecule has 0 fully saturated rings. The minimum Gasteiger partial charge on any atom is -0.203 e. The van der Waals surface area contributed by atoms with Gasteiger partial charge in [0.2, 0.25) is 5.82 Å². The lowest BCUT2D eigenvalue weighted by molar-refractivity contribution is 0.363. The van der Waals surface area contributed by atoms with Gasteiger partial charge < -0.3 is 0 Å². The molecule has 0 saturated heterocycles. The number of benzene rings is 1. The Bertz CT molecular complexity index is 379. The Labute approximate surface area is 84.5 Å². The van der Waals surface area contributed by atoms with Crippen molar-refractivity contribution in [3.8, 4) is 0 Å². The molecule has 0 aliphatic heterocycles. The molecule has 0 aromatic heterocycles. The molecule has 0 unspecified atom stereocenters. The van der Waals surface area contributed by atoms with Crippen molar-refractivity contribution in [3.63, 3.8) is 0 Å². The second-order valence-electron chi connectivity index (χ2n) is 2.94. The summed E-state index contributed by atoms with van der Waals surface area (Å²) in [6.07, 6.45) is 0. The highest BCUT2D eigenvalue weighted by molar-refractivity contribution is 6.15. The van der Waals surface area contributed by atoms with E-state index < -0.39 is 47.8 Å². The third kappa shape index (κ3) is 1.85. The summed E-state index contributed by atoms with van der Waals surface area (Å²) in [7, 11) is -0.606. The minimum absolute atomic E-state index is 0.606. The Kier molecular flexibility index (Phi) is 2.80. The standard InChI is InChI=1S/C9H9BF5/c1-9(2,10)3-4(11)6(13)8(15)7(14)5(3)12/h1-2,10H3/q-1. The van der Waals surface area contributed by atoms with E-state index in [1.165, 1.54) is 13.8 Å². The zero-order valence-corrected chi connectivity index (χ0v) is 7.39. The van der Waals surface area contributed by atoms with Crippen molar-refractivity contribution < 1.29 is 22.0 Å². The summed E-state index contributed by atoms with van der Waals surface area (Å²) in [6, 6.07) is 0. The van der Waals surface area contributed by atoms with Crippen LogP contribution in [0.15, 0.2) is 0 Å². The zero-order valence-electron chi connectivity index (χ0n) is 7.39. The highest BCUT2D eigenvalue weighted by Gasteiger charge is 2.29. The highest BCUT2D eigenvalue weighted by Crippen LogP contribution is 2.30. The van der Waals surface area contributed by atoms with Gasteiger partial charge in [0.15, 0.2) is 23.3 Å². The molecule has 84 valence electrons. The molecular formula is C9H9BF5-. The van der Waals surface area contributed by atoms with Crippen LogP contribution in [0, 0.1) is 29.1 Å². The third-order valence-electron chi connectivity index (χ3n) is 1.71. The number of hydrogen-bond donors (Lipinski definition) is 0. The van der Waals surface area contributed by atoms with Gasteiger partial charge in [0.1, 0.15) is 0 Å². The smallest absolute Gasteiger partial charge is 0.200 e. The van der Waals surface area contributed by atoms with Crippen molar-refractivity contribution in [2.45, 2.75) is 19.2 Å². The molecule has 0 radical (unpaired) electrons. The normalized spacial score (nSPS) is 12.0. The van der Waals surface area contributed by atoms with E-state index in [1.54, 1.807) is 0 Å². The number of hydrogen-bond acceptors (Lipinski definition) is 0. The lowest BCUT2D eigenvalue weighted by Crippen LogP contribution is -2.23. The third-order valence-corrected chi connectivity index (χ3v) is 1.71. The van der Waals surface area contributed by atoms with Gasteiger partial charge in [-0.05, 0) is 13.4 Å². The van der Waals surface area contributed by atoms with Crippen LogP contribution in [0.5, 0.6) is 0 Å². The molecule has 0 amide bonds. The van der Waals surface area contributed by atoms with E-state index >= 15 is 0 Å². The number of rotatable bonds is 1. The summed E-state index contributed by atoms with van der Waals surface area (Å²) in [5.74, 6) is -9.23. The predicted molar refractivity (Wildman–Crippen MR) is 49.2 cm³/mol. The number of halogens is 5. The molecule has 0 atom stereocenters. The van der Waals surface area contributed by atoms with Crippen molar-refractivity contribution in [2.24, 2.45) is 0 Å². The minimum atomic E-state index is -2.10. The molecule has 1 aromatic carbocycles. The van der Waals surface area contributed by atoms with E-state index in [0.717, 1.165) is 0 Å². The molecule has 0 spiro atoms. The first-order chi connectivity index (χ1) is 6.68. The van der Waals surface area contributed by atoms with Gasteiger partial charge in [-0.3, -0.25) is 0 Å². The second kappa shape index (κ2) is 3.50. The Morgan fingerprint density at radius 1 is 0.733 bits per heavy atom. The first kappa shape index (κ1) is 12.0. The van der Waals surface area contributed by atoms with E-state index in [1.807, 2.05) is 0 Å². The lowest BCUT2D eigenvalue weighted by Gasteiger charge is -2.26. The van der Waals surface area contributed by atoms with Crippen LogP contribution in [0.3, 0.4) is 0 Å². The molecule has 0 heterocycles. The molecule has 15 heavy (non-hydrogen) atoms. The van der Waals surface area contributed by atoms with Crippen LogP contribution in [-0.4, -0.2) is 7.85 Å². The topological polar surface area (TPSA) is 0 Å². The Morgan fingerprint density at radius 2 is 1.00 bits per heavy atom. The van der Waals surface area contributed by atoms with Crippen LogP contribution >= 0.6 is 0 Å². The molecule has 0 aliphatic rings. The van der Waals surface area contributed by atoms with E-state index in [2.05, 4.69) is 0 Å². The van der Waals surface area contributed by atoms with Gasteiger partial charge in [0, 0.05) is 0 Å². The largest absolute Gasteiger partial charge is 0.203 e. The molecule has 0 saturated carbocycles. The van der Waals surface area contributed by atoms with Crippen LogP contribution in [0.4, 0.5) is 22.0 Å². The van der Waals surface area contributed by atoms with Crippen LogP contribution in [0.1, 0.15) is 19.4 Å². The van der Waals surface area contributed by atoms with Crippen LogP contribution < -0.4 is 0 Å². The van der Waals surface area contributed by atoms with E-state index in [9.17, 15) is 22.0 Å². The summed E-state index contributed by atoms with van der Waals surface area (Å²) < 4.78 is 64.7. The molecule has 1 aromatic rings. The lowest BCUT2D eigenvalue weighted by atomic mass is 9.67. The van der Waals surface area contributed by atoms with Gasteiger partial charge >= 0.3 is 0 Å². The molecule has 1 rings (SSSR count). The summed E-state index contributed by atoms with van der Waals surface area (Å²) in [6.45, 7) is 2.95. The average Bonchev–Trinajstić information content (AvgIpc) is 2.09. The molecule has 6 heteroatoms. The summed E-state index contributed by atoms with van der Waals surface area (Å²) in [5.41, 5.74) is -0.682. The maximum atomic E-state index is 13.2. The summed E-state index contributed by atoms with van der Waals surface area (Å²) >= 11 is 0. The molecule has 0 N–H and O–H groups in total. The van der Waals surface area contributed by atoms with E-state index in [0.29, 0.717) is 0 Å². The SMILES string of the molecule is [BH3-]C(C)(C)c1c(F)c(F)c(F)c(F)c1F. The fourth-order valence-electron chi connectivity index (χ4n) is 1.04. The maximum Gasteiger partial charge on any atom is 0.200 e. The Hall–Kier alpha value is -1.07. The summed E-state index contributed by atoms with van der Waals surface area (Å²) in [5, 5.41) is -0.899. The van der Waals surface area contributed by atoms with Crippen molar-refractivity contribution in [1.29, 1.82) is 0 Å². The van der Waals surface area contributed by atoms with Gasteiger partial charge in [0.25, 0.3) is 0 Å². The molecule has 0 aliphatic carbocycles. The van der Waals surface area contributed by atoms with Crippen LogP contribution in [-0.2, 0) is 5.31 Å². The van der Waals surface area contributed by atoms with Crippen molar-refractivity contribution >= 4 is 7.85 Å². The Balaban J connectivity index is 3.68.